The zero-order chi connectivity index (χ0) is 14.7. The molecule has 1 heterocycles. The maximum atomic E-state index is 4.71. The zero-order valence-corrected chi connectivity index (χ0v) is 12.6. The number of fused-ring (bicyclic) bond motifs is 1. The van der Waals surface area contributed by atoms with Gasteiger partial charge in [-0.15, -0.1) is 0 Å². The van der Waals surface area contributed by atoms with Gasteiger partial charge in [-0.2, -0.15) is 0 Å². The third-order valence-electron chi connectivity index (χ3n) is 3.81. The van der Waals surface area contributed by atoms with Crippen molar-refractivity contribution >= 4 is 16.7 Å². The molecule has 21 heavy (non-hydrogen) atoms. The van der Waals surface area contributed by atoms with Crippen molar-refractivity contribution in [3.05, 3.63) is 71.3 Å². The average molecular weight is 276 g/mol. The Labute approximate surface area is 125 Å². The van der Waals surface area contributed by atoms with E-state index in [-0.39, 0.29) is 0 Å². The highest BCUT2D eigenvalue weighted by Crippen LogP contribution is 2.20. The molecule has 0 aliphatic rings. The largest absolute Gasteiger partial charge is 0.366 e. The molecule has 3 aromatic rings. The summed E-state index contributed by atoms with van der Waals surface area (Å²) in [4.78, 5) is 4.71. The van der Waals surface area contributed by atoms with Gasteiger partial charge in [0.15, 0.2) is 0 Å². The SMILES string of the molecule is CCc1ccc(CNc2nc3ccccc3cc2C)cc1. The second-order valence-corrected chi connectivity index (χ2v) is 5.37. The Balaban J connectivity index is 1.79. The highest BCUT2D eigenvalue weighted by molar-refractivity contribution is 5.81. The van der Waals surface area contributed by atoms with Gasteiger partial charge in [0.25, 0.3) is 0 Å². The van der Waals surface area contributed by atoms with Gasteiger partial charge in [0.2, 0.25) is 0 Å². The van der Waals surface area contributed by atoms with E-state index >= 15 is 0 Å². The summed E-state index contributed by atoms with van der Waals surface area (Å²) in [6.45, 7) is 5.08. The lowest BCUT2D eigenvalue weighted by atomic mass is 10.1. The quantitative estimate of drug-likeness (QED) is 0.746. The van der Waals surface area contributed by atoms with Crippen LogP contribution in [0.4, 0.5) is 5.82 Å². The van der Waals surface area contributed by atoms with Crippen LogP contribution in [0, 0.1) is 6.92 Å². The van der Waals surface area contributed by atoms with E-state index in [2.05, 4.69) is 61.6 Å². The zero-order valence-electron chi connectivity index (χ0n) is 12.6. The van der Waals surface area contributed by atoms with Crippen molar-refractivity contribution in [3.8, 4) is 0 Å². The number of hydrogen-bond acceptors (Lipinski definition) is 2. The molecule has 1 aromatic heterocycles. The molecule has 2 nitrogen and oxygen atoms in total. The lowest BCUT2D eigenvalue weighted by Crippen LogP contribution is -2.03. The fourth-order valence-electron chi connectivity index (χ4n) is 2.48. The fourth-order valence-corrected chi connectivity index (χ4v) is 2.48. The van der Waals surface area contributed by atoms with E-state index in [0.717, 1.165) is 24.3 Å². The summed E-state index contributed by atoms with van der Waals surface area (Å²) in [5, 5.41) is 4.64. The minimum Gasteiger partial charge on any atom is -0.366 e. The normalized spacial score (nSPS) is 10.8. The first-order valence-electron chi connectivity index (χ1n) is 7.44. The molecule has 0 radical (unpaired) electrons. The van der Waals surface area contributed by atoms with Gasteiger partial charge in [-0.05, 0) is 42.2 Å². The fraction of sp³-hybridized carbons (Fsp3) is 0.211. The molecule has 2 aromatic carbocycles. The van der Waals surface area contributed by atoms with E-state index < -0.39 is 0 Å². The van der Waals surface area contributed by atoms with Crippen molar-refractivity contribution in [2.45, 2.75) is 26.8 Å². The molecule has 0 aliphatic carbocycles. The first kappa shape index (κ1) is 13.6. The lowest BCUT2D eigenvalue weighted by molar-refractivity contribution is 1.09. The monoisotopic (exact) mass is 276 g/mol. The molecule has 106 valence electrons. The molecule has 0 spiro atoms. The second kappa shape index (κ2) is 5.96. The number of nitrogens with one attached hydrogen (secondary N) is 1. The number of aromatic nitrogens is 1. The summed E-state index contributed by atoms with van der Waals surface area (Å²) in [7, 11) is 0. The van der Waals surface area contributed by atoms with E-state index in [1.165, 1.54) is 22.1 Å². The van der Waals surface area contributed by atoms with Crippen LogP contribution in [-0.2, 0) is 13.0 Å². The number of hydrogen-bond donors (Lipinski definition) is 1. The van der Waals surface area contributed by atoms with E-state index in [1.54, 1.807) is 0 Å². The van der Waals surface area contributed by atoms with Crippen molar-refractivity contribution < 1.29 is 0 Å². The number of aryl methyl sites for hydroxylation is 2. The number of nitrogens with zero attached hydrogens (tertiary/aromatic N) is 1. The van der Waals surface area contributed by atoms with Crippen LogP contribution in [0.3, 0.4) is 0 Å². The highest BCUT2D eigenvalue weighted by Gasteiger charge is 2.03. The van der Waals surface area contributed by atoms with Crippen molar-refractivity contribution in [2.24, 2.45) is 0 Å². The Kier molecular flexibility index (Phi) is 3.87. The first-order chi connectivity index (χ1) is 10.3. The number of para-hydroxylation sites is 1. The molecule has 0 atom stereocenters. The minimum atomic E-state index is 0.802. The Morgan fingerprint density at radius 2 is 1.67 bits per heavy atom. The Morgan fingerprint density at radius 1 is 0.952 bits per heavy atom. The van der Waals surface area contributed by atoms with Crippen LogP contribution in [0.5, 0.6) is 0 Å². The molecule has 0 saturated heterocycles. The second-order valence-electron chi connectivity index (χ2n) is 5.37. The van der Waals surface area contributed by atoms with Gasteiger partial charge in [0.1, 0.15) is 5.82 Å². The van der Waals surface area contributed by atoms with Gasteiger partial charge in [0, 0.05) is 11.9 Å². The number of benzene rings is 2. The summed E-state index contributed by atoms with van der Waals surface area (Å²) in [5.41, 5.74) is 4.87. The van der Waals surface area contributed by atoms with Crippen LogP contribution in [0.1, 0.15) is 23.6 Å². The summed E-state index contributed by atoms with van der Waals surface area (Å²) in [6.07, 6.45) is 1.08. The predicted molar refractivity (Wildman–Crippen MR) is 89.6 cm³/mol. The Morgan fingerprint density at radius 3 is 2.43 bits per heavy atom. The van der Waals surface area contributed by atoms with Crippen LogP contribution in [0.25, 0.3) is 10.9 Å². The van der Waals surface area contributed by atoms with E-state index in [4.69, 9.17) is 4.98 Å². The van der Waals surface area contributed by atoms with Gasteiger partial charge in [-0.25, -0.2) is 4.98 Å². The third kappa shape index (κ3) is 3.05. The van der Waals surface area contributed by atoms with Crippen LogP contribution in [0.15, 0.2) is 54.6 Å². The average Bonchev–Trinajstić information content (AvgIpc) is 2.53. The maximum Gasteiger partial charge on any atom is 0.129 e. The standard InChI is InChI=1S/C19H20N2/c1-3-15-8-10-16(11-9-15)13-20-19-14(2)12-17-6-4-5-7-18(17)21-19/h4-12H,3,13H2,1-2H3,(H,20,21). The number of pyridine rings is 1. The molecule has 0 saturated carbocycles. The molecular weight excluding hydrogens is 256 g/mol. The van der Waals surface area contributed by atoms with Crippen LogP contribution < -0.4 is 5.32 Å². The molecule has 0 fully saturated rings. The van der Waals surface area contributed by atoms with E-state index in [1.807, 2.05) is 12.1 Å². The number of anilines is 1. The summed E-state index contributed by atoms with van der Waals surface area (Å²) < 4.78 is 0. The molecule has 3 rings (SSSR count). The van der Waals surface area contributed by atoms with E-state index in [0.29, 0.717) is 0 Å². The van der Waals surface area contributed by atoms with Gasteiger partial charge >= 0.3 is 0 Å². The molecule has 0 unspecified atom stereocenters. The molecular formula is C19H20N2. The van der Waals surface area contributed by atoms with Gasteiger partial charge in [-0.3, -0.25) is 0 Å². The van der Waals surface area contributed by atoms with Crippen molar-refractivity contribution in [3.63, 3.8) is 0 Å². The first-order valence-corrected chi connectivity index (χ1v) is 7.44. The molecule has 1 N–H and O–H groups in total. The summed E-state index contributed by atoms with van der Waals surface area (Å²) in [5.74, 6) is 0.966. The van der Waals surface area contributed by atoms with Gasteiger partial charge in [-0.1, -0.05) is 49.4 Å². The van der Waals surface area contributed by atoms with E-state index in [9.17, 15) is 0 Å². The van der Waals surface area contributed by atoms with Gasteiger partial charge in [0.05, 0.1) is 5.52 Å². The Bertz CT molecular complexity index is 745. The van der Waals surface area contributed by atoms with Crippen LogP contribution in [-0.4, -0.2) is 4.98 Å². The Hall–Kier alpha value is -2.35. The number of rotatable bonds is 4. The molecule has 0 bridgehead atoms. The smallest absolute Gasteiger partial charge is 0.129 e. The topological polar surface area (TPSA) is 24.9 Å². The summed E-state index contributed by atoms with van der Waals surface area (Å²) in [6, 6.07) is 19.2. The molecule has 2 heteroatoms. The van der Waals surface area contributed by atoms with Crippen LogP contribution >= 0.6 is 0 Å². The highest BCUT2D eigenvalue weighted by atomic mass is 15.0. The van der Waals surface area contributed by atoms with Crippen molar-refractivity contribution in [1.29, 1.82) is 0 Å². The third-order valence-corrected chi connectivity index (χ3v) is 3.81. The molecule has 0 amide bonds. The lowest BCUT2D eigenvalue weighted by Gasteiger charge is -2.10. The van der Waals surface area contributed by atoms with Crippen LogP contribution in [0.2, 0.25) is 0 Å². The predicted octanol–water partition coefficient (Wildman–Crippen LogP) is 4.72. The molecule has 0 aliphatic heterocycles. The van der Waals surface area contributed by atoms with Gasteiger partial charge < -0.3 is 5.32 Å². The maximum absolute atomic E-state index is 4.71. The minimum absolute atomic E-state index is 0.802. The van der Waals surface area contributed by atoms with Crippen molar-refractivity contribution in [1.82, 2.24) is 4.98 Å². The van der Waals surface area contributed by atoms with Crippen molar-refractivity contribution in [2.75, 3.05) is 5.32 Å². The summed E-state index contributed by atoms with van der Waals surface area (Å²) >= 11 is 0.